The van der Waals surface area contributed by atoms with Crippen molar-refractivity contribution >= 4 is 29.4 Å². The van der Waals surface area contributed by atoms with Gasteiger partial charge in [0.2, 0.25) is 11.6 Å². The molecule has 1 aromatic rings. The van der Waals surface area contributed by atoms with E-state index in [9.17, 15) is 19.2 Å². The normalized spacial score (nSPS) is 28.3. The lowest BCUT2D eigenvalue weighted by Gasteiger charge is -2.46. The van der Waals surface area contributed by atoms with Crippen LogP contribution in [0.25, 0.3) is 0 Å². The standard InChI is InChI=1S/C22H27N3O5/c1-14-10-15(2)12-24(11-14)19(27)13-30-21(29)22-9-8-18(26)25(22)17-7-5-4-6-16(17)20(28)23(22)3/h4-7,14-15H,8-13H2,1-3H3/t14-,15-,22-/m1/s1. The monoisotopic (exact) mass is 413 g/mol. The van der Waals surface area contributed by atoms with Gasteiger partial charge in [-0.1, -0.05) is 26.0 Å². The SMILES string of the molecule is C[C@@H]1C[C@@H](C)CN(C(=O)COC(=O)[C@@]23CCC(=O)N2c2ccccc2C(=O)N3C)C1. The Bertz CT molecular complexity index is 906. The van der Waals surface area contributed by atoms with Crippen molar-refractivity contribution in [1.29, 1.82) is 0 Å². The van der Waals surface area contributed by atoms with E-state index < -0.39 is 18.2 Å². The fourth-order valence-corrected chi connectivity index (χ4v) is 5.09. The molecule has 160 valence electrons. The van der Waals surface area contributed by atoms with E-state index in [0.29, 0.717) is 36.2 Å². The Kier molecular flexibility index (Phi) is 5.03. The van der Waals surface area contributed by atoms with Crippen molar-refractivity contribution in [2.45, 2.75) is 38.8 Å². The molecule has 3 atom stereocenters. The van der Waals surface area contributed by atoms with Gasteiger partial charge in [0.25, 0.3) is 11.8 Å². The zero-order valence-electron chi connectivity index (χ0n) is 17.6. The van der Waals surface area contributed by atoms with Gasteiger partial charge >= 0.3 is 5.97 Å². The number of benzene rings is 1. The molecule has 3 amide bonds. The highest BCUT2D eigenvalue weighted by Gasteiger charge is 2.60. The number of ether oxygens (including phenoxy) is 1. The van der Waals surface area contributed by atoms with E-state index in [1.165, 1.54) is 16.8 Å². The van der Waals surface area contributed by atoms with E-state index in [0.717, 1.165) is 6.42 Å². The van der Waals surface area contributed by atoms with Crippen molar-refractivity contribution in [3.63, 3.8) is 0 Å². The van der Waals surface area contributed by atoms with E-state index in [4.69, 9.17) is 4.74 Å². The number of para-hydroxylation sites is 1. The summed E-state index contributed by atoms with van der Waals surface area (Å²) in [4.78, 5) is 55.9. The van der Waals surface area contributed by atoms with Crippen molar-refractivity contribution in [3.05, 3.63) is 29.8 Å². The van der Waals surface area contributed by atoms with Gasteiger partial charge in [-0.25, -0.2) is 4.79 Å². The Balaban J connectivity index is 1.56. The summed E-state index contributed by atoms with van der Waals surface area (Å²) in [5, 5.41) is 0. The molecule has 0 aromatic heterocycles. The van der Waals surface area contributed by atoms with Gasteiger partial charge in [0, 0.05) is 33.0 Å². The molecule has 0 radical (unpaired) electrons. The van der Waals surface area contributed by atoms with Gasteiger partial charge in [0.05, 0.1) is 11.3 Å². The first-order valence-electron chi connectivity index (χ1n) is 10.4. The minimum Gasteiger partial charge on any atom is -0.452 e. The van der Waals surface area contributed by atoms with Crippen LogP contribution in [-0.4, -0.2) is 65.9 Å². The zero-order chi connectivity index (χ0) is 21.6. The molecule has 4 rings (SSSR count). The van der Waals surface area contributed by atoms with Crippen LogP contribution in [0.15, 0.2) is 24.3 Å². The summed E-state index contributed by atoms with van der Waals surface area (Å²) >= 11 is 0. The Labute approximate surface area is 175 Å². The molecule has 0 bridgehead atoms. The molecule has 0 N–H and O–H groups in total. The zero-order valence-corrected chi connectivity index (χ0v) is 17.6. The molecule has 0 unspecified atom stereocenters. The number of amides is 3. The Hall–Kier alpha value is -2.90. The van der Waals surface area contributed by atoms with E-state index in [-0.39, 0.29) is 30.6 Å². The first-order chi connectivity index (χ1) is 14.3. The number of hydrogen-bond donors (Lipinski definition) is 0. The van der Waals surface area contributed by atoms with Gasteiger partial charge in [-0.05, 0) is 30.4 Å². The molecule has 30 heavy (non-hydrogen) atoms. The minimum absolute atomic E-state index is 0.121. The first kappa shape index (κ1) is 20.4. The maximum Gasteiger partial charge on any atom is 0.354 e. The number of piperidine rings is 1. The third-order valence-corrected chi connectivity index (χ3v) is 6.42. The summed E-state index contributed by atoms with van der Waals surface area (Å²) in [6, 6.07) is 6.74. The third-order valence-electron chi connectivity index (χ3n) is 6.42. The first-order valence-corrected chi connectivity index (χ1v) is 10.4. The average Bonchev–Trinajstić information content (AvgIpc) is 3.08. The second-order valence-electron chi connectivity index (χ2n) is 8.75. The van der Waals surface area contributed by atoms with Crippen LogP contribution in [0.2, 0.25) is 0 Å². The number of esters is 1. The van der Waals surface area contributed by atoms with Crippen LogP contribution in [0, 0.1) is 11.8 Å². The fourth-order valence-electron chi connectivity index (χ4n) is 5.09. The molecule has 2 saturated heterocycles. The molecule has 3 aliphatic heterocycles. The smallest absolute Gasteiger partial charge is 0.354 e. The third kappa shape index (κ3) is 3.05. The topological polar surface area (TPSA) is 87.2 Å². The van der Waals surface area contributed by atoms with Crippen molar-refractivity contribution in [1.82, 2.24) is 9.80 Å². The number of fused-ring (bicyclic) bond motifs is 3. The Morgan fingerprint density at radius 2 is 1.80 bits per heavy atom. The molecule has 0 saturated carbocycles. The highest BCUT2D eigenvalue weighted by atomic mass is 16.5. The van der Waals surface area contributed by atoms with E-state index in [1.54, 1.807) is 29.2 Å². The van der Waals surface area contributed by atoms with Gasteiger partial charge in [-0.2, -0.15) is 0 Å². The number of likely N-dealkylation sites (tertiary alicyclic amines) is 1. The maximum absolute atomic E-state index is 13.2. The largest absolute Gasteiger partial charge is 0.452 e. The molecule has 3 aliphatic rings. The van der Waals surface area contributed by atoms with Gasteiger partial charge in [-0.3, -0.25) is 19.3 Å². The highest BCUT2D eigenvalue weighted by molar-refractivity contribution is 6.15. The van der Waals surface area contributed by atoms with Crippen LogP contribution < -0.4 is 4.90 Å². The molecule has 2 fully saturated rings. The van der Waals surface area contributed by atoms with Crippen LogP contribution in [0.4, 0.5) is 5.69 Å². The lowest BCUT2D eigenvalue weighted by molar-refractivity contribution is -0.162. The number of anilines is 1. The Morgan fingerprint density at radius 3 is 2.50 bits per heavy atom. The number of rotatable bonds is 3. The van der Waals surface area contributed by atoms with Crippen molar-refractivity contribution in [2.24, 2.45) is 11.8 Å². The number of carbonyl (C=O) groups excluding carboxylic acids is 4. The number of nitrogens with zero attached hydrogens (tertiary/aromatic N) is 3. The maximum atomic E-state index is 13.2. The summed E-state index contributed by atoms with van der Waals surface area (Å²) in [5.41, 5.74) is -0.776. The minimum atomic E-state index is -1.55. The highest BCUT2D eigenvalue weighted by Crippen LogP contribution is 2.44. The van der Waals surface area contributed by atoms with Crippen LogP contribution in [0.5, 0.6) is 0 Å². The molecule has 3 heterocycles. The summed E-state index contributed by atoms with van der Waals surface area (Å²) in [6.45, 7) is 5.09. The second-order valence-corrected chi connectivity index (χ2v) is 8.75. The van der Waals surface area contributed by atoms with E-state index in [2.05, 4.69) is 13.8 Å². The molecular formula is C22H27N3O5. The van der Waals surface area contributed by atoms with Gasteiger partial charge < -0.3 is 14.5 Å². The van der Waals surface area contributed by atoms with Crippen LogP contribution >= 0.6 is 0 Å². The van der Waals surface area contributed by atoms with Gasteiger partial charge in [0.15, 0.2) is 6.61 Å². The molecule has 8 nitrogen and oxygen atoms in total. The van der Waals surface area contributed by atoms with Crippen LogP contribution in [0.1, 0.15) is 43.5 Å². The molecule has 1 aromatic carbocycles. The number of likely N-dealkylation sites (N-methyl/N-ethyl adjacent to an activating group) is 1. The number of carbonyl (C=O) groups is 4. The van der Waals surface area contributed by atoms with Crippen molar-refractivity contribution < 1.29 is 23.9 Å². The molecule has 8 heteroatoms. The summed E-state index contributed by atoms with van der Waals surface area (Å²) < 4.78 is 5.44. The summed E-state index contributed by atoms with van der Waals surface area (Å²) in [5.74, 6) is -0.797. The summed E-state index contributed by atoms with van der Waals surface area (Å²) in [7, 11) is 1.50. The van der Waals surface area contributed by atoms with Gasteiger partial charge in [-0.15, -0.1) is 0 Å². The molecule has 0 aliphatic carbocycles. The quantitative estimate of drug-likeness (QED) is 0.703. The fraction of sp³-hybridized carbons (Fsp3) is 0.545. The van der Waals surface area contributed by atoms with Gasteiger partial charge in [0.1, 0.15) is 0 Å². The van der Waals surface area contributed by atoms with E-state index in [1.807, 2.05) is 0 Å². The second kappa shape index (κ2) is 7.41. The van der Waals surface area contributed by atoms with E-state index >= 15 is 0 Å². The van der Waals surface area contributed by atoms with Crippen molar-refractivity contribution in [3.8, 4) is 0 Å². The predicted octanol–water partition coefficient (Wildman–Crippen LogP) is 1.64. The average molecular weight is 413 g/mol. The lowest BCUT2D eigenvalue weighted by atomic mass is 9.92. The van der Waals surface area contributed by atoms with Crippen LogP contribution in [0.3, 0.4) is 0 Å². The molecular weight excluding hydrogens is 386 g/mol. The van der Waals surface area contributed by atoms with Crippen molar-refractivity contribution in [2.75, 3.05) is 31.6 Å². The Morgan fingerprint density at radius 1 is 1.13 bits per heavy atom. The van der Waals surface area contributed by atoms with Crippen LogP contribution in [-0.2, 0) is 19.1 Å². The lowest BCUT2D eigenvalue weighted by Crippen LogP contribution is -2.67. The number of hydrogen-bond acceptors (Lipinski definition) is 5. The summed E-state index contributed by atoms with van der Waals surface area (Å²) in [6.07, 6.45) is 1.32. The predicted molar refractivity (Wildman–Crippen MR) is 108 cm³/mol. The molecule has 0 spiro atoms.